The monoisotopic (exact) mass is 456 g/mol. The summed E-state index contributed by atoms with van der Waals surface area (Å²) in [6.45, 7) is 1.61. The van der Waals surface area contributed by atoms with Crippen molar-refractivity contribution in [3.8, 4) is 0 Å². The van der Waals surface area contributed by atoms with E-state index in [0.717, 1.165) is 16.6 Å². The Hall–Kier alpha value is 0.0400. The molecule has 0 aliphatic carbocycles. The molecule has 2 saturated heterocycles. The van der Waals surface area contributed by atoms with E-state index >= 15 is 0 Å². The number of nitrogens with zero attached hydrogens (tertiary/aromatic N) is 1. The Kier molecular flexibility index (Phi) is 4.24. The zero-order valence-corrected chi connectivity index (χ0v) is 15.9. The van der Waals surface area contributed by atoms with Gasteiger partial charge in [-0.15, -0.1) is 11.3 Å². The maximum Gasteiger partial charge on any atom is 0.245 e. The van der Waals surface area contributed by atoms with E-state index in [4.69, 9.17) is 0 Å². The minimum Gasteiger partial charge on any atom is -0.356 e. The zero-order valence-electron chi connectivity index (χ0n) is 11.1. The molecule has 3 rings (SSSR count). The number of halogens is 2. The first-order valence-electron chi connectivity index (χ1n) is 6.54. The SMILES string of the molecule is O=C1CC2(CCN(S(=O)(=O)c3cc(Br)sc3Br)CC2)CN1. The second-order valence-electron chi connectivity index (χ2n) is 5.55. The van der Waals surface area contributed by atoms with Crippen LogP contribution in [0.25, 0.3) is 0 Å². The molecule has 5 nitrogen and oxygen atoms in total. The van der Waals surface area contributed by atoms with Crippen LogP contribution in [0.15, 0.2) is 18.5 Å². The molecule has 1 aromatic rings. The zero-order chi connectivity index (χ0) is 15.3. The third kappa shape index (κ3) is 2.95. The highest BCUT2D eigenvalue weighted by atomic mass is 79.9. The van der Waals surface area contributed by atoms with Gasteiger partial charge in [-0.05, 0) is 56.2 Å². The Morgan fingerprint density at radius 2 is 1.95 bits per heavy atom. The molecule has 3 heterocycles. The molecule has 0 saturated carbocycles. The molecule has 0 unspecified atom stereocenters. The maximum atomic E-state index is 12.7. The molecule has 1 spiro atoms. The molecule has 2 aliphatic rings. The summed E-state index contributed by atoms with van der Waals surface area (Å²) in [5, 5.41) is 2.86. The molecular formula is C12H14Br2N2O3S2. The molecule has 116 valence electrons. The normalized spacial score (nSPS) is 22.7. The number of rotatable bonds is 2. The molecule has 0 aromatic carbocycles. The topological polar surface area (TPSA) is 66.5 Å². The molecular weight excluding hydrogens is 444 g/mol. The van der Waals surface area contributed by atoms with Crippen LogP contribution in [-0.2, 0) is 14.8 Å². The van der Waals surface area contributed by atoms with Crippen molar-refractivity contribution in [2.24, 2.45) is 5.41 Å². The van der Waals surface area contributed by atoms with E-state index in [9.17, 15) is 13.2 Å². The summed E-state index contributed by atoms with van der Waals surface area (Å²) in [6.07, 6.45) is 1.98. The van der Waals surface area contributed by atoms with Crippen LogP contribution in [0.2, 0.25) is 0 Å². The van der Waals surface area contributed by atoms with Crippen molar-refractivity contribution >= 4 is 59.1 Å². The van der Waals surface area contributed by atoms with E-state index in [-0.39, 0.29) is 11.3 Å². The van der Waals surface area contributed by atoms with Crippen LogP contribution in [0.1, 0.15) is 19.3 Å². The van der Waals surface area contributed by atoms with Gasteiger partial charge in [0.05, 0.1) is 7.57 Å². The Bertz CT molecular complexity index is 679. The van der Waals surface area contributed by atoms with Gasteiger partial charge >= 0.3 is 0 Å². The second kappa shape index (κ2) is 5.59. The highest BCUT2D eigenvalue weighted by Gasteiger charge is 2.43. The first-order valence-corrected chi connectivity index (χ1v) is 10.4. The molecule has 1 amide bonds. The number of thiophene rings is 1. The van der Waals surface area contributed by atoms with Gasteiger partial charge in [-0.2, -0.15) is 4.31 Å². The van der Waals surface area contributed by atoms with Crippen molar-refractivity contribution in [1.82, 2.24) is 9.62 Å². The molecule has 21 heavy (non-hydrogen) atoms. The average molecular weight is 458 g/mol. The van der Waals surface area contributed by atoms with Crippen molar-refractivity contribution in [3.63, 3.8) is 0 Å². The number of carbonyl (C=O) groups is 1. The average Bonchev–Trinajstić information content (AvgIpc) is 2.94. The third-order valence-electron chi connectivity index (χ3n) is 4.22. The fraction of sp³-hybridized carbons (Fsp3) is 0.583. The fourth-order valence-electron chi connectivity index (χ4n) is 2.95. The van der Waals surface area contributed by atoms with Gasteiger partial charge in [-0.1, -0.05) is 0 Å². The van der Waals surface area contributed by atoms with E-state index < -0.39 is 10.0 Å². The van der Waals surface area contributed by atoms with Crippen molar-refractivity contribution in [2.45, 2.75) is 24.2 Å². The number of piperidine rings is 1. The van der Waals surface area contributed by atoms with Crippen molar-refractivity contribution in [2.75, 3.05) is 19.6 Å². The summed E-state index contributed by atoms with van der Waals surface area (Å²) in [4.78, 5) is 11.7. The molecule has 0 atom stereocenters. The number of carbonyl (C=O) groups excluding carboxylic acids is 1. The van der Waals surface area contributed by atoms with E-state index in [1.54, 1.807) is 6.07 Å². The summed E-state index contributed by atoms with van der Waals surface area (Å²) in [7, 11) is -3.47. The van der Waals surface area contributed by atoms with E-state index in [1.807, 2.05) is 0 Å². The van der Waals surface area contributed by atoms with Crippen LogP contribution in [0.3, 0.4) is 0 Å². The summed E-state index contributed by atoms with van der Waals surface area (Å²) >= 11 is 7.98. The Labute approximate surface area is 144 Å². The molecule has 9 heteroatoms. The number of hydrogen-bond donors (Lipinski definition) is 1. The minimum atomic E-state index is -3.47. The van der Waals surface area contributed by atoms with E-state index in [0.29, 0.717) is 34.7 Å². The lowest BCUT2D eigenvalue weighted by Gasteiger charge is -2.37. The van der Waals surface area contributed by atoms with Gasteiger partial charge in [-0.25, -0.2) is 8.42 Å². The number of amides is 1. The largest absolute Gasteiger partial charge is 0.356 e. The summed E-state index contributed by atoms with van der Waals surface area (Å²) in [6, 6.07) is 1.63. The predicted molar refractivity (Wildman–Crippen MR) is 87.8 cm³/mol. The highest BCUT2D eigenvalue weighted by Crippen LogP contribution is 2.41. The molecule has 0 bridgehead atoms. The maximum absolute atomic E-state index is 12.7. The Morgan fingerprint density at radius 1 is 1.29 bits per heavy atom. The highest BCUT2D eigenvalue weighted by molar-refractivity contribution is 9.12. The molecule has 2 aliphatic heterocycles. The lowest BCUT2D eigenvalue weighted by Crippen LogP contribution is -2.43. The van der Waals surface area contributed by atoms with E-state index in [2.05, 4.69) is 37.2 Å². The van der Waals surface area contributed by atoms with Gasteiger partial charge in [0.25, 0.3) is 0 Å². The van der Waals surface area contributed by atoms with Gasteiger partial charge in [0.1, 0.15) is 4.90 Å². The van der Waals surface area contributed by atoms with Crippen LogP contribution >= 0.6 is 43.2 Å². The molecule has 1 N–H and O–H groups in total. The van der Waals surface area contributed by atoms with Crippen LogP contribution in [0.5, 0.6) is 0 Å². The fourth-order valence-corrected chi connectivity index (χ4v) is 8.15. The van der Waals surface area contributed by atoms with Gasteiger partial charge in [0.15, 0.2) is 0 Å². The number of nitrogens with one attached hydrogen (secondary N) is 1. The van der Waals surface area contributed by atoms with Crippen molar-refractivity contribution < 1.29 is 13.2 Å². The van der Waals surface area contributed by atoms with Gasteiger partial charge < -0.3 is 5.32 Å². The Morgan fingerprint density at radius 3 is 2.43 bits per heavy atom. The third-order valence-corrected chi connectivity index (χ3v) is 8.88. The second-order valence-corrected chi connectivity index (χ2v) is 11.2. The van der Waals surface area contributed by atoms with Crippen LogP contribution in [0, 0.1) is 5.41 Å². The standard InChI is InChI=1S/C12H14Br2N2O3S2/c13-9-5-8(11(14)20-9)21(18,19)16-3-1-12(2-4-16)6-10(17)15-7-12/h5H,1-4,6-7H2,(H,15,17). The summed E-state index contributed by atoms with van der Waals surface area (Å²) in [5.41, 5.74) is -0.0461. The molecule has 1 aromatic heterocycles. The molecule has 2 fully saturated rings. The van der Waals surface area contributed by atoms with Crippen LogP contribution in [-0.4, -0.2) is 38.3 Å². The minimum absolute atomic E-state index is 0.0461. The first kappa shape index (κ1) is 15.9. The van der Waals surface area contributed by atoms with Crippen LogP contribution in [0.4, 0.5) is 0 Å². The summed E-state index contributed by atoms with van der Waals surface area (Å²) in [5.74, 6) is 0.0795. The smallest absolute Gasteiger partial charge is 0.245 e. The van der Waals surface area contributed by atoms with Gasteiger partial charge in [0.2, 0.25) is 15.9 Å². The number of hydrogen-bond acceptors (Lipinski definition) is 4. The molecule has 0 radical (unpaired) electrons. The lowest BCUT2D eigenvalue weighted by atomic mass is 9.78. The van der Waals surface area contributed by atoms with Crippen molar-refractivity contribution in [1.29, 1.82) is 0 Å². The quantitative estimate of drug-likeness (QED) is 0.742. The van der Waals surface area contributed by atoms with Crippen LogP contribution < -0.4 is 5.32 Å². The number of sulfonamides is 1. The van der Waals surface area contributed by atoms with E-state index in [1.165, 1.54) is 15.6 Å². The predicted octanol–water partition coefficient (Wildman–Crippen LogP) is 2.56. The Balaban J connectivity index is 1.77. The first-order chi connectivity index (χ1) is 9.82. The van der Waals surface area contributed by atoms with Crippen molar-refractivity contribution in [3.05, 3.63) is 13.6 Å². The van der Waals surface area contributed by atoms with Gasteiger partial charge in [-0.3, -0.25) is 4.79 Å². The lowest BCUT2D eigenvalue weighted by molar-refractivity contribution is -0.119. The van der Waals surface area contributed by atoms with Gasteiger partial charge in [0, 0.05) is 26.1 Å². The summed E-state index contributed by atoms with van der Waals surface area (Å²) < 4.78 is 28.3.